The Labute approximate surface area is 66.1 Å². The third-order valence-electron chi connectivity index (χ3n) is 2.30. The zero-order valence-corrected chi connectivity index (χ0v) is 6.66. The average Bonchev–Trinajstić information content (AvgIpc) is 2.05. The summed E-state index contributed by atoms with van der Waals surface area (Å²) < 4.78 is 0. The van der Waals surface area contributed by atoms with Crippen LogP contribution in [0, 0.1) is 5.53 Å². The number of amides is 1. The van der Waals surface area contributed by atoms with Crippen LogP contribution in [0.25, 0.3) is 0 Å². The predicted molar refractivity (Wildman–Crippen MR) is 40.4 cm³/mol. The third kappa shape index (κ3) is 1.56. The van der Waals surface area contributed by atoms with Crippen molar-refractivity contribution >= 4 is 6.41 Å². The lowest BCUT2D eigenvalue weighted by atomic mass is 9.99. The molecule has 1 aliphatic heterocycles. The molecule has 1 heterocycles. The van der Waals surface area contributed by atoms with Crippen LogP contribution in [0.1, 0.15) is 19.8 Å². The summed E-state index contributed by atoms with van der Waals surface area (Å²) >= 11 is 0. The predicted octanol–water partition coefficient (Wildman–Crippen LogP) is 1.03. The molecule has 0 aromatic carbocycles. The molecule has 0 aromatic heterocycles. The van der Waals surface area contributed by atoms with Gasteiger partial charge < -0.3 is 4.90 Å². The first-order chi connectivity index (χ1) is 5.29. The highest BCUT2D eigenvalue weighted by Crippen LogP contribution is 2.18. The Hall–Kier alpha value is -0.930. The van der Waals surface area contributed by atoms with Crippen molar-refractivity contribution < 1.29 is 4.79 Å². The molecule has 4 nitrogen and oxygen atoms in total. The Balaban J connectivity index is 2.58. The molecular weight excluding hydrogens is 142 g/mol. The summed E-state index contributed by atoms with van der Waals surface area (Å²) in [6.45, 7) is 2.76. The Bertz CT molecular complexity index is 144. The van der Waals surface area contributed by atoms with Gasteiger partial charge >= 0.3 is 0 Å². The van der Waals surface area contributed by atoms with Crippen molar-refractivity contribution in [1.82, 2.24) is 4.90 Å². The molecule has 0 spiro atoms. The van der Waals surface area contributed by atoms with Gasteiger partial charge in [0.05, 0.1) is 12.1 Å². The lowest BCUT2D eigenvalue weighted by Crippen LogP contribution is -2.44. The molecule has 0 aliphatic carbocycles. The van der Waals surface area contributed by atoms with Gasteiger partial charge in [0.25, 0.3) is 0 Å². The summed E-state index contributed by atoms with van der Waals surface area (Å²) in [5.41, 5.74) is 6.88. The number of hydrogen-bond donors (Lipinski definition) is 1. The third-order valence-corrected chi connectivity index (χ3v) is 2.30. The average molecular weight is 155 g/mol. The van der Waals surface area contributed by atoms with Crippen LogP contribution >= 0.6 is 0 Å². The quantitative estimate of drug-likeness (QED) is 0.470. The van der Waals surface area contributed by atoms with E-state index in [0.717, 1.165) is 25.8 Å². The van der Waals surface area contributed by atoms with Gasteiger partial charge in [0, 0.05) is 6.54 Å². The van der Waals surface area contributed by atoms with E-state index in [1.807, 2.05) is 6.92 Å². The van der Waals surface area contributed by atoms with Crippen LogP contribution in [0.3, 0.4) is 0 Å². The van der Waals surface area contributed by atoms with E-state index in [9.17, 15) is 4.79 Å². The molecule has 1 rings (SSSR count). The minimum atomic E-state index is 0.0222. The summed E-state index contributed by atoms with van der Waals surface area (Å²) in [7, 11) is 0. The molecule has 1 amide bonds. The normalized spacial score (nSPS) is 31.5. The van der Waals surface area contributed by atoms with Crippen molar-refractivity contribution in [1.29, 1.82) is 5.53 Å². The van der Waals surface area contributed by atoms with E-state index in [4.69, 9.17) is 5.53 Å². The van der Waals surface area contributed by atoms with Gasteiger partial charge in [-0.3, -0.25) is 4.79 Å². The minimum Gasteiger partial charge on any atom is -0.340 e. The van der Waals surface area contributed by atoms with Crippen LogP contribution in [0.4, 0.5) is 0 Å². The first-order valence-corrected chi connectivity index (χ1v) is 3.87. The fraction of sp³-hybridized carbons (Fsp3) is 0.857. The molecule has 62 valence electrons. The summed E-state index contributed by atoms with van der Waals surface area (Å²) in [5, 5.41) is 3.48. The topological polar surface area (TPSA) is 56.5 Å². The summed E-state index contributed by atoms with van der Waals surface area (Å²) in [6.07, 6.45) is 2.76. The molecule has 0 aromatic rings. The second kappa shape index (κ2) is 3.46. The highest BCUT2D eigenvalue weighted by atomic mass is 16.1. The summed E-state index contributed by atoms with van der Waals surface area (Å²) in [4.78, 5) is 12.2. The smallest absolute Gasteiger partial charge is 0.210 e. The van der Waals surface area contributed by atoms with Gasteiger partial charge in [0.15, 0.2) is 0 Å². The van der Waals surface area contributed by atoms with Crippen molar-refractivity contribution in [3.8, 4) is 0 Å². The number of hydrogen-bond acceptors (Lipinski definition) is 3. The second-order valence-electron chi connectivity index (χ2n) is 2.92. The second-order valence-corrected chi connectivity index (χ2v) is 2.92. The van der Waals surface area contributed by atoms with Gasteiger partial charge in [0.1, 0.15) is 0 Å². The van der Waals surface area contributed by atoms with Crippen LogP contribution < -0.4 is 0 Å². The Morgan fingerprint density at radius 2 is 2.45 bits per heavy atom. The molecule has 2 atom stereocenters. The van der Waals surface area contributed by atoms with Crippen LogP contribution in [0.15, 0.2) is 5.11 Å². The maximum Gasteiger partial charge on any atom is 0.210 e. The molecule has 1 N–H and O–H groups in total. The van der Waals surface area contributed by atoms with E-state index in [-0.39, 0.29) is 12.1 Å². The van der Waals surface area contributed by atoms with E-state index in [2.05, 4.69) is 5.11 Å². The number of piperidine rings is 1. The monoisotopic (exact) mass is 155 g/mol. The molecule has 1 fully saturated rings. The standard InChI is InChI=1S/C7H13N3O/c1-6-7(9-8)3-2-4-10(6)5-11/h5-8H,2-4H2,1H3/t6?,7-/m0/s1. The fourth-order valence-electron chi connectivity index (χ4n) is 1.47. The fourth-order valence-corrected chi connectivity index (χ4v) is 1.47. The van der Waals surface area contributed by atoms with Gasteiger partial charge in [-0.25, -0.2) is 5.53 Å². The zero-order chi connectivity index (χ0) is 8.27. The van der Waals surface area contributed by atoms with Crippen molar-refractivity contribution in [3.05, 3.63) is 0 Å². The Kier molecular flexibility index (Phi) is 2.57. The highest BCUT2D eigenvalue weighted by molar-refractivity contribution is 5.48. The van der Waals surface area contributed by atoms with Gasteiger partial charge in [-0.1, -0.05) is 0 Å². The van der Waals surface area contributed by atoms with Crippen LogP contribution in [0.5, 0.6) is 0 Å². The Morgan fingerprint density at radius 3 is 3.00 bits per heavy atom. The van der Waals surface area contributed by atoms with Crippen molar-refractivity contribution in [2.75, 3.05) is 6.54 Å². The highest BCUT2D eigenvalue weighted by Gasteiger charge is 2.26. The number of carbonyl (C=O) groups is 1. The van der Waals surface area contributed by atoms with E-state index in [1.165, 1.54) is 0 Å². The lowest BCUT2D eigenvalue weighted by molar-refractivity contribution is -0.121. The summed E-state index contributed by atoms with van der Waals surface area (Å²) in [6, 6.07) is 0.132. The van der Waals surface area contributed by atoms with E-state index in [0.29, 0.717) is 0 Å². The van der Waals surface area contributed by atoms with Crippen molar-refractivity contribution in [2.24, 2.45) is 5.11 Å². The largest absolute Gasteiger partial charge is 0.340 e. The number of carbonyl (C=O) groups excluding carboxylic acids is 1. The molecular formula is C7H13N3O. The number of likely N-dealkylation sites (tertiary alicyclic amines) is 1. The Morgan fingerprint density at radius 1 is 1.73 bits per heavy atom. The number of nitrogens with one attached hydrogen (secondary N) is 1. The maximum atomic E-state index is 10.5. The molecule has 4 heteroatoms. The number of nitrogens with zero attached hydrogens (tertiary/aromatic N) is 2. The number of rotatable bonds is 2. The molecule has 11 heavy (non-hydrogen) atoms. The van der Waals surface area contributed by atoms with E-state index >= 15 is 0 Å². The van der Waals surface area contributed by atoms with E-state index in [1.54, 1.807) is 4.90 Å². The van der Waals surface area contributed by atoms with Crippen LogP contribution in [-0.4, -0.2) is 29.9 Å². The van der Waals surface area contributed by atoms with Crippen LogP contribution in [-0.2, 0) is 4.79 Å². The van der Waals surface area contributed by atoms with Crippen molar-refractivity contribution in [2.45, 2.75) is 31.8 Å². The van der Waals surface area contributed by atoms with Crippen LogP contribution in [0.2, 0.25) is 0 Å². The summed E-state index contributed by atoms with van der Waals surface area (Å²) in [5.74, 6) is 0. The zero-order valence-electron chi connectivity index (χ0n) is 6.66. The maximum absolute atomic E-state index is 10.5. The molecule has 1 unspecified atom stereocenters. The van der Waals surface area contributed by atoms with Gasteiger partial charge in [-0.05, 0) is 19.8 Å². The van der Waals surface area contributed by atoms with Gasteiger partial charge in [-0.15, -0.1) is 0 Å². The van der Waals surface area contributed by atoms with E-state index < -0.39 is 0 Å². The molecule has 0 radical (unpaired) electrons. The molecule has 0 bridgehead atoms. The first-order valence-electron chi connectivity index (χ1n) is 3.87. The molecule has 1 saturated heterocycles. The molecule has 0 saturated carbocycles. The van der Waals surface area contributed by atoms with Crippen molar-refractivity contribution in [3.63, 3.8) is 0 Å². The van der Waals surface area contributed by atoms with Gasteiger partial charge in [-0.2, -0.15) is 5.11 Å². The molecule has 1 aliphatic rings. The SMILES string of the molecule is CC1[C@@H](N=N)CCCN1C=O. The first kappa shape index (κ1) is 8.17. The lowest BCUT2D eigenvalue weighted by Gasteiger charge is -2.33. The minimum absolute atomic E-state index is 0.0222. The van der Waals surface area contributed by atoms with Gasteiger partial charge in [0.2, 0.25) is 6.41 Å².